The van der Waals surface area contributed by atoms with Crippen LogP contribution in [0.5, 0.6) is 23.0 Å². The third-order valence-electron chi connectivity index (χ3n) is 4.38. The molecule has 0 radical (unpaired) electrons. The largest absolute Gasteiger partial charge is 0.453 e. The highest BCUT2D eigenvalue weighted by atomic mass is 16.6. The van der Waals surface area contributed by atoms with E-state index in [1.807, 2.05) is 0 Å². The number of carbonyl (C=O) groups is 5. The lowest BCUT2D eigenvalue weighted by atomic mass is 9.93. The highest BCUT2D eigenvalue weighted by Crippen LogP contribution is 2.40. The van der Waals surface area contributed by atoms with Crippen molar-refractivity contribution < 1.29 is 47.7 Å². The monoisotopic (exact) mass is 456 g/mol. The normalized spacial score (nSPS) is 14.4. The van der Waals surface area contributed by atoms with Gasteiger partial charge < -0.3 is 23.7 Å². The zero-order valence-electron chi connectivity index (χ0n) is 18.3. The van der Waals surface area contributed by atoms with Crippen LogP contribution in [0.3, 0.4) is 0 Å². The van der Waals surface area contributed by atoms with Crippen LogP contribution in [-0.2, 0) is 30.3 Å². The minimum atomic E-state index is -0.816. The number of ether oxygens (including phenoxy) is 5. The van der Waals surface area contributed by atoms with Gasteiger partial charge in [-0.1, -0.05) is 6.07 Å². The van der Waals surface area contributed by atoms with Crippen molar-refractivity contribution in [1.29, 1.82) is 0 Å². The highest BCUT2D eigenvalue weighted by molar-refractivity contribution is 5.96. The van der Waals surface area contributed by atoms with E-state index in [-0.39, 0.29) is 35.0 Å². The fraction of sp³-hybridized carbons (Fsp3) is 0.261. The van der Waals surface area contributed by atoms with Crippen LogP contribution in [0.15, 0.2) is 30.3 Å². The molecule has 2 aromatic rings. The van der Waals surface area contributed by atoms with Crippen molar-refractivity contribution in [1.82, 2.24) is 0 Å². The topological polar surface area (TPSA) is 132 Å². The third-order valence-corrected chi connectivity index (χ3v) is 4.38. The minimum absolute atomic E-state index is 0.0219. The first-order valence-corrected chi connectivity index (χ1v) is 9.79. The Balaban J connectivity index is 2.02. The molecule has 1 heterocycles. The maximum absolute atomic E-state index is 12.8. The van der Waals surface area contributed by atoms with E-state index >= 15 is 0 Å². The molecule has 0 aromatic heterocycles. The van der Waals surface area contributed by atoms with Crippen LogP contribution >= 0.6 is 0 Å². The van der Waals surface area contributed by atoms with Gasteiger partial charge >= 0.3 is 29.8 Å². The average molecular weight is 456 g/mol. The van der Waals surface area contributed by atoms with Gasteiger partial charge in [-0.25, -0.2) is 4.79 Å². The van der Waals surface area contributed by atoms with E-state index in [9.17, 15) is 24.0 Å². The Labute approximate surface area is 188 Å². The molecule has 0 spiro atoms. The predicted molar refractivity (Wildman–Crippen MR) is 110 cm³/mol. The van der Waals surface area contributed by atoms with Crippen LogP contribution < -0.4 is 18.9 Å². The fourth-order valence-corrected chi connectivity index (χ4v) is 3.31. The average Bonchev–Trinajstić information content (AvgIpc) is 2.67. The van der Waals surface area contributed by atoms with E-state index < -0.39 is 36.0 Å². The van der Waals surface area contributed by atoms with Gasteiger partial charge in [-0.3, -0.25) is 19.2 Å². The van der Waals surface area contributed by atoms with Gasteiger partial charge in [-0.2, -0.15) is 0 Å². The first kappa shape index (κ1) is 23.5. The summed E-state index contributed by atoms with van der Waals surface area (Å²) < 4.78 is 25.9. The molecule has 1 atom stereocenters. The molecule has 2 aromatic carbocycles. The Morgan fingerprint density at radius 1 is 0.758 bits per heavy atom. The summed E-state index contributed by atoms with van der Waals surface area (Å²) in [6, 6.07) is 7.13. The summed E-state index contributed by atoms with van der Waals surface area (Å²) >= 11 is 0. The molecule has 0 aliphatic carbocycles. The molecular formula is C23H20O10. The van der Waals surface area contributed by atoms with Gasteiger partial charge in [0.15, 0.2) is 11.5 Å². The molecule has 1 aliphatic heterocycles. The van der Waals surface area contributed by atoms with E-state index in [0.29, 0.717) is 11.1 Å². The number of carbonyl (C=O) groups excluding carboxylic acids is 5. The van der Waals surface area contributed by atoms with Crippen molar-refractivity contribution in [2.45, 2.75) is 40.2 Å². The first-order valence-electron chi connectivity index (χ1n) is 9.79. The van der Waals surface area contributed by atoms with Crippen molar-refractivity contribution in [3.8, 4) is 23.0 Å². The summed E-state index contributed by atoms with van der Waals surface area (Å²) in [4.78, 5) is 58.5. The van der Waals surface area contributed by atoms with E-state index in [4.69, 9.17) is 23.7 Å². The Bertz CT molecular complexity index is 1160. The molecule has 0 saturated carbocycles. The van der Waals surface area contributed by atoms with Crippen LogP contribution in [0.25, 0.3) is 0 Å². The van der Waals surface area contributed by atoms with Crippen molar-refractivity contribution in [3.63, 3.8) is 0 Å². The van der Waals surface area contributed by atoms with Gasteiger partial charge in [-0.15, -0.1) is 0 Å². The maximum Gasteiger partial charge on any atom is 0.342 e. The quantitative estimate of drug-likeness (QED) is 0.489. The number of fused-ring (bicyclic) bond motifs is 1. The summed E-state index contributed by atoms with van der Waals surface area (Å²) in [7, 11) is 0. The molecule has 0 bridgehead atoms. The molecule has 0 saturated heterocycles. The molecule has 3 rings (SSSR count). The third kappa shape index (κ3) is 5.73. The molecule has 1 unspecified atom stereocenters. The molecule has 10 heteroatoms. The summed E-state index contributed by atoms with van der Waals surface area (Å²) in [6.07, 6.45) is -0.680. The molecule has 33 heavy (non-hydrogen) atoms. The smallest absolute Gasteiger partial charge is 0.342 e. The lowest BCUT2D eigenvalue weighted by Crippen LogP contribution is -2.23. The lowest BCUT2D eigenvalue weighted by Gasteiger charge is -2.27. The molecule has 1 aliphatic rings. The fourth-order valence-electron chi connectivity index (χ4n) is 3.31. The van der Waals surface area contributed by atoms with Crippen molar-refractivity contribution in [2.24, 2.45) is 0 Å². The molecule has 0 fully saturated rings. The molecule has 172 valence electrons. The van der Waals surface area contributed by atoms with Crippen LogP contribution in [0.1, 0.15) is 55.3 Å². The van der Waals surface area contributed by atoms with Gasteiger partial charge in [0, 0.05) is 40.2 Å². The number of cyclic esters (lactones) is 1. The van der Waals surface area contributed by atoms with E-state index in [1.165, 1.54) is 52.0 Å². The van der Waals surface area contributed by atoms with E-state index in [0.717, 1.165) is 0 Å². The second-order valence-corrected chi connectivity index (χ2v) is 7.13. The Hall–Kier alpha value is -4.21. The lowest BCUT2D eigenvalue weighted by molar-refractivity contribution is -0.134. The number of benzene rings is 2. The van der Waals surface area contributed by atoms with Gasteiger partial charge in [-0.05, 0) is 29.3 Å². The van der Waals surface area contributed by atoms with Gasteiger partial charge in [0.25, 0.3) is 0 Å². The van der Waals surface area contributed by atoms with E-state index in [1.54, 1.807) is 6.07 Å². The number of hydrogen-bond acceptors (Lipinski definition) is 10. The molecule has 0 amide bonds. The van der Waals surface area contributed by atoms with E-state index in [2.05, 4.69) is 0 Å². The summed E-state index contributed by atoms with van der Waals surface area (Å²) in [5.41, 5.74) is 0.909. The second kappa shape index (κ2) is 9.51. The summed E-state index contributed by atoms with van der Waals surface area (Å²) in [6.45, 7) is 4.77. The number of esters is 5. The zero-order chi connectivity index (χ0) is 24.3. The highest BCUT2D eigenvalue weighted by Gasteiger charge is 2.33. The Morgan fingerprint density at radius 3 is 1.94 bits per heavy atom. The molecular weight excluding hydrogens is 436 g/mol. The standard InChI is InChI=1S/C23H20O10/c1-11(24)29-17-7-16-9-19(33-23(28)22(16)21(10-17)32-14(4)27)15-5-6-18(30-12(2)25)20(8-15)31-13(3)26/h5-8,10,19H,9H2,1-4H3. The van der Waals surface area contributed by atoms with Crippen LogP contribution in [0.4, 0.5) is 0 Å². The summed E-state index contributed by atoms with van der Waals surface area (Å²) in [5.74, 6) is -3.25. The predicted octanol–water partition coefficient (Wildman–Crippen LogP) is 2.84. The molecule has 0 N–H and O–H groups in total. The number of hydrogen-bond donors (Lipinski definition) is 0. The van der Waals surface area contributed by atoms with Crippen LogP contribution in [-0.4, -0.2) is 29.8 Å². The zero-order valence-corrected chi connectivity index (χ0v) is 18.3. The second-order valence-electron chi connectivity index (χ2n) is 7.13. The Kier molecular flexibility index (Phi) is 6.76. The van der Waals surface area contributed by atoms with Crippen LogP contribution in [0.2, 0.25) is 0 Å². The first-order chi connectivity index (χ1) is 15.5. The van der Waals surface area contributed by atoms with Gasteiger partial charge in [0.05, 0.1) is 0 Å². The van der Waals surface area contributed by atoms with Crippen LogP contribution in [0, 0.1) is 0 Å². The molecule has 10 nitrogen and oxygen atoms in total. The van der Waals surface area contributed by atoms with Gasteiger partial charge in [0.1, 0.15) is 23.2 Å². The van der Waals surface area contributed by atoms with Crippen molar-refractivity contribution in [2.75, 3.05) is 0 Å². The van der Waals surface area contributed by atoms with Crippen molar-refractivity contribution >= 4 is 29.8 Å². The van der Waals surface area contributed by atoms with Crippen molar-refractivity contribution in [3.05, 3.63) is 47.0 Å². The van der Waals surface area contributed by atoms with Gasteiger partial charge in [0.2, 0.25) is 0 Å². The summed E-state index contributed by atoms with van der Waals surface area (Å²) in [5, 5.41) is 0. The number of rotatable bonds is 5. The maximum atomic E-state index is 12.8. The minimum Gasteiger partial charge on any atom is -0.453 e. The Morgan fingerprint density at radius 2 is 1.33 bits per heavy atom. The SMILES string of the molecule is CC(=O)Oc1cc2c(c(OC(C)=O)c1)C(=O)OC(c1ccc(OC(C)=O)c(OC(C)=O)c1)C2.